The molecular weight excluding hydrogens is 310 g/mol. The van der Waals surface area contributed by atoms with E-state index in [1.54, 1.807) is 0 Å². The lowest BCUT2D eigenvalue weighted by Crippen LogP contribution is -2.50. The number of hydrogen-bond acceptors (Lipinski definition) is 3. The lowest BCUT2D eigenvalue weighted by Gasteiger charge is -2.42. The van der Waals surface area contributed by atoms with Crippen molar-refractivity contribution in [3.8, 4) is 0 Å². The molecule has 2 saturated heterocycles. The van der Waals surface area contributed by atoms with E-state index in [9.17, 15) is 4.79 Å². The number of piperidine rings is 2. The topological polar surface area (TPSA) is 35.6 Å². The molecule has 4 nitrogen and oxygen atoms in total. The van der Waals surface area contributed by atoms with Gasteiger partial charge in [0.15, 0.2) is 0 Å². The maximum Gasteiger partial charge on any atom is 0.224 e. The Labute approximate surface area is 152 Å². The molecular formula is C21H33N3O. The van der Waals surface area contributed by atoms with Gasteiger partial charge in [-0.15, -0.1) is 0 Å². The summed E-state index contributed by atoms with van der Waals surface area (Å²) in [5.74, 6) is 0.468. The van der Waals surface area contributed by atoms with Crippen LogP contribution in [0.4, 0.5) is 0 Å². The third-order valence-electron chi connectivity index (χ3n) is 5.70. The Morgan fingerprint density at radius 3 is 2.60 bits per heavy atom. The molecule has 0 radical (unpaired) electrons. The minimum absolute atomic E-state index is 0.197. The van der Waals surface area contributed by atoms with Crippen LogP contribution in [0.25, 0.3) is 0 Å². The SMILES string of the molecule is CCCNC(=O)[C@@H]1CCCN(C2CCN(Cc3ccccc3)CC2)C1. The lowest BCUT2D eigenvalue weighted by atomic mass is 9.93. The molecule has 0 bridgehead atoms. The summed E-state index contributed by atoms with van der Waals surface area (Å²) in [6.07, 6.45) is 5.70. The van der Waals surface area contributed by atoms with Gasteiger partial charge in [0.05, 0.1) is 5.92 Å². The van der Waals surface area contributed by atoms with E-state index in [1.165, 1.54) is 38.0 Å². The third-order valence-corrected chi connectivity index (χ3v) is 5.70. The van der Waals surface area contributed by atoms with Gasteiger partial charge < -0.3 is 5.32 Å². The predicted molar refractivity (Wildman–Crippen MR) is 102 cm³/mol. The molecule has 25 heavy (non-hydrogen) atoms. The highest BCUT2D eigenvalue weighted by molar-refractivity contribution is 5.78. The van der Waals surface area contributed by atoms with Crippen molar-refractivity contribution in [3.63, 3.8) is 0 Å². The maximum absolute atomic E-state index is 12.3. The fourth-order valence-corrected chi connectivity index (χ4v) is 4.23. The average molecular weight is 344 g/mol. The standard InChI is InChI=1S/C21H33N3O/c1-2-12-22-21(25)19-9-6-13-24(17-19)20-10-14-23(15-11-20)16-18-7-4-3-5-8-18/h3-5,7-8,19-20H,2,6,9-17H2,1H3,(H,22,25)/t19-/m1/s1. The van der Waals surface area contributed by atoms with Crippen molar-refractivity contribution >= 4 is 5.91 Å². The van der Waals surface area contributed by atoms with Crippen LogP contribution in [0.3, 0.4) is 0 Å². The molecule has 0 saturated carbocycles. The quantitative estimate of drug-likeness (QED) is 0.863. The van der Waals surface area contributed by atoms with Crippen molar-refractivity contribution in [2.75, 3.05) is 32.7 Å². The van der Waals surface area contributed by atoms with Gasteiger partial charge in [0, 0.05) is 25.7 Å². The Morgan fingerprint density at radius 1 is 1.12 bits per heavy atom. The first-order chi connectivity index (χ1) is 12.3. The van der Waals surface area contributed by atoms with E-state index in [-0.39, 0.29) is 11.8 Å². The highest BCUT2D eigenvalue weighted by Gasteiger charge is 2.31. The molecule has 1 atom stereocenters. The van der Waals surface area contributed by atoms with Crippen LogP contribution in [0.2, 0.25) is 0 Å². The van der Waals surface area contributed by atoms with E-state index in [2.05, 4.69) is 52.4 Å². The highest BCUT2D eigenvalue weighted by Crippen LogP contribution is 2.24. The summed E-state index contributed by atoms with van der Waals surface area (Å²) in [5.41, 5.74) is 1.41. The smallest absolute Gasteiger partial charge is 0.224 e. The van der Waals surface area contributed by atoms with Crippen molar-refractivity contribution in [1.29, 1.82) is 0 Å². The average Bonchev–Trinajstić information content (AvgIpc) is 2.67. The molecule has 2 aliphatic heterocycles. The number of rotatable bonds is 6. The van der Waals surface area contributed by atoms with Gasteiger partial charge >= 0.3 is 0 Å². The van der Waals surface area contributed by atoms with Gasteiger partial charge in [-0.05, 0) is 57.3 Å². The first-order valence-electron chi connectivity index (χ1n) is 10.0. The summed E-state index contributed by atoms with van der Waals surface area (Å²) in [4.78, 5) is 17.5. The number of likely N-dealkylation sites (tertiary alicyclic amines) is 2. The molecule has 2 fully saturated rings. The Bertz CT molecular complexity index is 525. The number of carbonyl (C=O) groups is 1. The fraction of sp³-hybridized carbons (Fsp3) is 0.667. The maximum atomic E-state index is 12.3. The van der Waals surface area contributed by atoms with Crippen LogP contribution < -0.4 is 5.32 Å². The van der Waals surface area contributed by atoms with Crippen molar-refractivity contribution < 1.29 is 4.79 Å². The molecule has 0 aliphatic carbocycles. The van der Waals surface area contributed by atoms with E-state index >= 15 is 0 Å². The monoisotopic (exact) mass is 343 g/mol. The van der Waals surface area contributed by atoms with Crippen LogP contribution in [0.15, 0.2) is 30.3 Å². The summed E-state index contributed by atoms with van der Waals surface area (Å²) in [7, 11) is 0. The molecule has 138 valence electrons. The second-order valence-corrected chi connectivity index (χ2v) is 7.62. The van der Waals surface area contributed by atoms with Crippen LogP contribution in [0.1, 0.15) is 44.6 Å². The number of hydrogen-bond donors (Lipinski definition) is 1. The Morgan fingerprint density at radius 2 is 1.88 bits per heavy atom. The molecule has 0 aromatic heterocycles. The molecule has 2 heterocycles. The van der Waals surface area contributed by atoms with E-state index in [4.69, 9.17) is 0 Å². The van der Waals surface area contributed by atoms with E-state index < -0.39 is 0 Å². The summed E-state index contributed by atoms with van der Waals surface area (Å²) in [6, 6.07) is 11.4. The van der Waals surface area contributed by atoms with Gasteiger partial charge in [-0.25, -0.2) is 0 Å². The number of nitrogens with one attached hydrogen (secondary N) is 1. The van der Waals surface area contributed by atoms with Gasteiger partial charge in [-0.1, -0.05) is 37.3 Å². The first kappa shape index (κ1) is 18.4. The second kappa shape index (κ2) is 9.35. The molecule has 1 aromatic carbocycles. The van der Waals surface area contributed by atoms with Gasteiger partial charge in [0.25, 0.3) is 0 Å². The van der Waals surface area contributed by atoms with Crippen LogP contribution in [-0.4, -0.2) is 54.5 Å². The summed E-state index contributed by atoms with van der Waals surface area (Å²) in [6.45, 7) is 8.45. The number of amides is 1. The van der Waals surface area contributed by atoms with Crippen LogP contribution in [-0.2, 0) is 11.3 Å². The van der Waals surface area contributed by atoms with E-state index in [1.807, 2.05) is 0 Å². The fourth-order valence-electron chi connectivity index (χ4n) is 4.23. The van der Waals surface area contributed by atoms with Crippen molar-refractivity contribution in [1.82, 2.24) is 15.1 Å². The molecule has 0 spiro atoms. The first-order valence-corrected chi connectivity index (χ1v) is 10.0. The molecule has 3 rings (SSSR count). The number of nitrogens with zero attached hydrogens (tertiary/aromatic N) is 2. The summed E-state index contributed by atoms with van der Waals surface area (Å²) >= 11 is 0. The summed E-state index contributed by atoms with van der Waals surface area (Å²) in [5, 5.41) is 3.09. The minimum atomic E-state index is 0.197. The summed E-state index contributed by atoms with van der Waals surface area (Å²) < 4.78 is 0. The van der Waals surface area contributed by atoms with Crippen LogP contribution in [0.5, 0.6) is 0 Å². The van der Waals surface area contributed by atoms with Crippen molar-refractivity contribution in [3.05, 3.63) is 35.9 Å². The van der Waals surface area contributed by atoms with E-state index in [0.717, 1.165) is 38.9 Å². The Hall–Kier alpha value is -1.39. The van der Waals surface area contributed by atoms with Gasteiger partial charge in [0.2, 0.25) is 5.91 Å². The van der Waals surface area contributed by atoms with Gasteiger partial charge in [-0.3, -0.25) is 14.6 Å². The van der Waals surface area contributed by atoms with Crippen molar-refractivity contribution in [2.24, 2.45) is 5.92 Å². The Balaban J connectivity index is 1.45. The largest absolute Gasteiger partial charge is 0.356 e. The zero-order valence-corrected chi connectivity index (χ0v) is 15.6. The number of benzene rings is 1. The molecule has 1 amide bonds. The molecule has 1 aromatic rings. The highest BCUT2D eigenvalue weighted by atomic mass is 16.1. The van der Waals surface area contributed by atoms with Crippen molar-refractivity contribution in [2.45, 2.75) is 51.6 Å². The Kier molecular flexibility index (Phi) is 6.88. The molecule has 0 unspecified atom stereocenters. The van der Waals surface area contributed by atoms with E-state index in [0.29, 0.717) is 6.04 Å². The van der Waals surface area contributed by atoms with Crippen LogP contribution >= 0.6 is 0 Å². The van der Waals surface area contributed by atoms with Crippen LogP contribution in [0, 0.1) is 5.92 Å². The molecule has 2 aliphatic rings. The zero-order chi connectivity index (χ0) is 17.5. The number of carbonyl (C=O) groups excluding carboxylic acids is 1. The lowest BCUT2D eigenvalue weighted by molar-refractivity contribution is -0.127. The molecule has 1 N–H and O–H groups in total. The second-order valence-electron chi connectivity index (χ2n) is 7.62. The van der Waals surface area contributed by atoms with Gasteiger partial charge in [0.1, 0.15) is 0 Å². The normalized spacial score (nSPS) is 23.5. The zero-order valence-electron chi connectivity index (χ0n) is 15.6. The molecule has 4 heteroatoms. The van der Waals surface area contributed by atoms with Gasteiger partial charge in [-0.2, -0.15) is 0 Å². The minimum Gasteiger partial charge on any atom is -0.356 e. The predicted octanol–water partition coefficient (Wildman–Crippen LogP) is 2.89. The third kappa shape index (κ3) is 5.29.